The van der Waals surface area contributed by atoms with E-state index in [1.54, 1.807) is 0 Å². The van der Waals surface area contributed by atoms with Crippen molar-refractivity contribution in [2.45, 2.75) is 19.3 Å². The van der Waals surface area contributed by atoms with Gasteiger partial charge < -0.3 is 0 Å². The van der Waals surface area contributed by atoms with Gasteiger partial charge in [0, 0.05) is 19.5 Å². The molecule has 1 aliphatic heterocycles. The van der Waals surface area contributed by atoms with Gasteiger partial charge in [0.2, 0.25) is 10.0 Å². The second kappa shape index (κ2) is 5.15. The number of nitrogens with one attached hydrogen (secondary N) is 1. The van der Waals surface area contributed by atoms with Crippen LogP contribution in [-0.2, 0) is 10.0 Å². The van der Waals surface area contributed by atoms with Gasteiger partial charge in [-0.25, -0.2) is 17.7 Å². The van der Waals surface area contributed by atoms with E-state index < -0.39 is 10.0 Å². The Balaban J connectivity index is 1.96. The average Bonchev–Trinajstić information content (AvgIpc) is 2.81. The number of piperidine rings is 1. The van der Waals surface area contributed by atoms with Gasteiger partial charge in [0.05, 0.1) is 6.26 Å². The number of nitrogens with zero attached hydrogens (tertiary/aromatic N) is 3. The zero-order valence-corrected chi connectivity index (χ0v) is 11.0. The molecule has 1 fully saturated rings. The Kier molecular flexibility index (Phi) is 3.76. The van der Waals surface area contributed by atoms with Crippen molar-refractivity contribution < 1.29 is 13.2 Å². The van der Waals surface area contributed by atoms with Crippen LogP contribution in [0.1, 0.15) is 29.9 Å². The maximum absolute atomic E-state index is 11.8. The number of hydrogen-bond donors (Lipinski definition) is 1. The van der Waals surface area contributed by atoms with Gasteiger partial charge in [0.15, 0.2) is 11.6 Å². The highest BCUT2D eigenvalue weighted by Crippen LogP contribution is 2.22. The number of aromatic nitrogens is 3. The lowest BCUT2D eigenvalue weighted by molar-refractivity contribution is 0.0932. The van der Waals surface area contributed by atoms with Gasteiger partial charge in [-0.15, -0.1) is 0 Å². The van der Waals surface area contributed by atoms with Crippen LogP contribution >= 0.6 is 0 Å². The number of hydrogen-bond acceptors (Lipinski definition) is 5. The van der Waals surface area contributed by atoms with E-state index in [1.165, 1.54) is 16.9 Å². The second-order valence-corrected chi connectivity index (χ2v) is 6.57. The highest BCUT2D eigenvalue weighted by atomic mass is 32.2. The fourth-order valence-corrected chi connectivity index (χ4v) is 3.14. The van der Waals surface area contributed by atoms with Gasteiger partial charge in [0.1, 0.15) is 6.33 Å². The van der Waals surface area contributed by atoms with Crippen LogP contribution in [0.2, 0.25) is 0 Å². The summed E-state index contributed by atoms with van der Waals surface area (Å²) in [6.45, 7) is 0.963. The first-order valence-corrected chi connectivity index (χ1v) is 7.65. The predicted molar refractivity (Wildman–Crippen MR) is 64.5 cm³/mol. The van der Waals surface area contributed by atoms with Crippen LogP contribution in [0.5, 0.6) is 0 Å². The Bertz CT molecular complexity index is 511. The first kappa shape index (κ1) is 13.2. The lowest BCUT2D eigenvalue weighted by Gasteiger charge is -2.30. The van der Waals surface area contributed by atoms with Gasteiger partial charge in [0.25, 0.3) is 0 Å². The second-order valence-electron chi connectivity index (χ2n) is 4.59. The molecule has 0 bridgehead atoms. The van der Waals surface area contributed by atoms with Crippen molar-refractivity contribution in [3.8, 4) is 0 Å². The van der Waals surface area contributed by atoms with Crippen molar-refractivity contribution >= 4 is 15.8 Å². The summed E-state index contributed by atoms with van der Waals surface area (Å²) in [6.07, 6.45) is 4.46. The summed E-state index contributed by atoms with van der Waals surface area (Å²) >= 11 is 0. The minimum absolute atomic E-state index is 0.0612. The van der Waals surface area contributed by atoms with E-state index in [9.17, 15) is 13.2 Å². The van der Waals surface area contributed by atoms with Crippen LogP contribution in [0.4, 0.5) is 0 Å². The summed E-state index contributed by atoms with van der Waals surface area (Å²) < 4.78 is 24.4. The van der Waals surface area contributed by atoms with Crippen LogP contribution in [0.25, 0.3) is 0 Å². The third-order valence-corrected chi connectivity index (χ3v) is 4.37. The molecule has 18 heavy (non-hydrogen) atoms. The molecular weight excluding hydrogens is 256 g/mol. The summed E-state index contributed by atoms with van der Waals surface area (Å²) in [4.78, 5) is 15.6. The molecular formula is C10H16N4O3S. The molecule has 0 aliphatic carbocycles. The van der Waals surface area contributed by atoms with Crippen LogP contribution < -0.4 is 0 Å². The van der Waals surface area contributed by atoms with Crippen molar-refractivity contribution in [1.29, 1.82) is 0 Å². The van der Waals surface area contributed by atoms with E-state index in [4.69, 9.17) is 0 Å². The van der Waals surface area contributed by atoms with E-state index in [1.807, 2.05) is 0 Å². The monoisotopic (exact) mass is 272 g/mol. The normalized spacial score (nSPS) is 21.9. The fourth-order valence-electron chi connectivity index (χ4n) is 2.19. The number of ketones is 1. The molecule has 8 heteroatoms. The van der Waals surface area contributed by atoms with Crippen molar-refractivity contribution in [3.63, 3.8) is 0 Å². The highest BCUT2D eigenvalue weighted by molar-refractivity contribution is 7.88. The van der Waals surface area contributed by atoms with E-state index >= 15 is 0 Å². The van der Waals surface area contributed by atoms with Crippen molar-refractivity contribution in [1.82, 2.24) is 19.5 Å². The quantitative estimate of drug-likeness (QED) is 0.781. The SMILES string of the molecule is CS(=O)(=O)N1CCCC(CC(=O)c2ncn[nH]2)C1. The number of aromatic amines is 1. The number of H-pyrrole nitrogens is 1. The van der Waals surface area contributed by atoms with Crippen molar-refractivity contribution in [3.05, 3.63) is 12.2 Å². The molecule has 0 saturated carbocycles. The summed E-state index contributed by atoms with van der Waals surface area (Å²) in [7, 11) is -3.16. The maximum Gasteiger partial charge on any atom is 0.211 e. The number of rotatable bonds is 4. The third-order valence-electron chi connectivity index (χ3n) is 3.10. The Hall–Kier alpha value is -1.28. The van der Waals surface area contributed by atoms with Crippen LogP contribution in [0.3, 0.4) is 0 Å². The average molecular weight is 272 g/mol. The van der Waals surface area contributed by atoms with E-state index in [2.05, 4.69) is 15.2 Å². The zero-order chi connectivity index (χ0) is 13.2. The molecule has 0 aromatic carbocycles. The molecule has 0 spiro atoms. The standard InChI is InChI=1S/C10H16N4O3S/c1-18(16,17)14-4-2-3-8(6-14)5-9(15)10-11-7-12-13-10/h7-8H,2-6H2,1H3,(H,11,12,13). The summed E-state index contributed by atoms with van der Waals surface area (Å²) in [5, 5.41) is 6.15. The minimum atomic E-state index is -3.16. The number of carbonyl (C=O) groups is 1. The molecule has 0 amide bonds. The molecule has 1 aliphatic rings. The van der Waals surface area contributed by atoms with Crippen LogP contribution in [0, 0.1) is 5.92 Å². The zero-order valence-electron chi connectivity index (χ0n) is 10.2. The molecule has 2 rings (SSSR count). The molecule has 0 radical (unpaired) electrons. The van der Waals surface area contributed by atoms with E-state index in [-0.39, 0.29) is 17.5 Å². The van der Waals surface area contributed by atoms with E-state index in [0.717, 1.165) is 12.8 Å². The van der Waals surface area contributed by atoms with E-state index in [0.29, 0.717) is 19.5 Å². The van der Waals surface area contributed by atoms with Crippen molar-refractivity contribution in [2.24, 2.45) is 5.92 Å². The lowest BCUT2D eigenvalue weighted by Crippen LogP contribution is -2.39. The molecule has 7 nitrogen and oxygen atoms in total. The maximum atomic E-state index is 11.8. The van der Waals surface area contributed by atoms with Gasteiger partial charge in [-0.2, -0.15) is 5.10 Å². The lowest BCUT2D eigenvalue weighted by atomic mass is 9.94. The molecule has 1 saturated heterocycles. The van der Waals surface area contributed by atoms with Crippen molar-refractivity contribution in [2.75, 3.05) is 19.3 Å². The van der Waals surface area contributed by atoms with Gasteiger partial charge >= 0.3 is 0 Å². The predicted octanol–water partition coefficient (Wildman–Crippen LogP) is 0.0491. The summed E-state index contributed by atoms with van der Waals surface area (Å²) in [5.74, 6) is 0.186. The molecule has 100 valence electrons. The van der Waals surface area contributed by atoms with Gasteiger partial charge in [-0.3, -0.25) is 9.89 Å². The molecule has 1 aromatic rings. The molecule has 1 aromatic heterocycles. The number of Topliss-reactive ketones (excluding diaryl/α,β-unsaturated/α-hetero) is 1. The Morgan fingerprint density at radius 2 is 2.39 bits per heavy atom. The first-order chi connectivity index (χ1) is 8.47. The summed E-state index contributed by atoms with van der Waals surface area (Å²) in [5.41, 5.74) is 0. The van der Waals surface area contributed by atoms with Gasteiger partial charge in [-0.05, 0) is 18.8 Å². The Morgan fingerprint density at radius 1 is 1.61 bits per heavy atom. The van der Waals surface area contributed by atoms with Crippen LogP contribution in [0.15, 0.2) is 6.33 Å². The summed E-state index contributed by atoms with van der Waals surface area (Å²) in [6, 6.07) is 0. The molecule has 2 heterocycles. The van der Waals surface area contributed by atoms with Crippen LogP contribution in [-0.4, -0.2) is 53.0 Å². The highest BCUT2D eigenvalue weighted by Gasteiger charge is 2.27. The largest absolute Gasteiger partial charge is 0.291 e. The fraction of sp³-hybridized carbons (Fsp3) is 0.700. The molecule has 1 atom stereocenters. The number of carbonyl (C=O) groups excluding carboxylic acids is 1. The Labute approximate surface area is 106 Å². The smallest absolute Gasteiger partial charge is 0.211 e. The minimum Gasteiger partial charge on any atom is -0.291 e. The number of sulfonamides is 1. The first-order valence-electron chi connectivity index (χ1n) is 5.80. The third kappa shape index (κ3) is 3.14. The molecule has 1 N–H and O–H groups in total. The Morgan fingerprint density at radius 3 is 3.00 bits per heavy atom. The topological polar surface area (TPSA) is 96.0 Å². The van der Waals surface area contributed by atoms with Gasteiger partial charge in [-0.1, -0.05) is 0 Å². The molecule has 1 unspecified atom stereocenters.